The molecular weight excluding hydrogens is 2010 g/mol. The van der Waals surface area contributed by atoms with Crippen molar-refractivity contribution >= 4 is 150 Å². The molecule has 5 aliphatic heterocycles. The number of hydrogen-bond acceptors (Lipinski definition) is 24. The zero-order valence-electron chi connectivity index (χ0n) is 82.4. The highest BCUT2D eigenvalue weighted by atomic mass is 32.2. The average Bonchev–Trinajstić information content (AvgIpc) is 1.62. The van der Waals surface area contributed by atoms with E-state index in [1.54, 1.807) is 75.3 Å². The molecule has 37 heteroatoms. The van der Waals surface area contributed by atoms with Gasteiger partial charge in [-0.15, -0.1) is 22.7 Å². The maximum absolute atomic E-state index is 14.8. The van der Waals surface area contributed by atoms with E-state index in [9.17, 15) is 31.9 Å². The topological polar surface area (TPSA) is 324 Å². The number of nitrogen functional groups attached to an aromatic ring is 3. The Morgan fingerprint density at radius 1 is 0.372 bits per heavy atom. The van der Waals surface area contributed by atoms with Crippen LogP contribution in [0.4, 0.5) is 82.4 Å². The number of para-hydroxylation sites is 2. The van der Waals surface area contributed by atoms with Crippen LogP contribution in [0.15, 0.2) is 317 Å². The summed E-state index contributed by atoms with van der Waals surface area (Å²) in [6, 6.07) is 84.6. The van der Waals surface area contributed by atoms with E-state index < -0.39 is 29.5 Å². The normalized spacial score (nSPS) is 14.6. The summed E-state index contributed by atoms with van der Waals surface area (Å²) in [6.07, 6.45) is 5.70. The molecule has 16 aromatic rings. The van der Waals surface area contributed by atoms with E-state index in [1.807, 2.05) is 248 Å². The fourth-order valence-electron chi connectivity index (χ4n) is 15.5. The lowest BCUT2D eigenvalue weighted by molar-refractivity contribution is 0.0385. The molecule has 766 valence electrons. The van der Waals surface area contributed by atoms with Gasteiger partial charge in [0.15, 0.2) is 10.3 Å². The van der Waals surface area contributed by atoms with Gasteiger partial charge in [-0.25, -0.2) is 56.0 Å². The molecular formula is C111H115F4N19O7S7. The average molecular weight is 2130 g/mol. The van der Waals surface area contributed by atoms with Gasteiger partial charge in [0.2, 0.25) is 0 Å². The van der Waals surface area contributed by atoms with Gasteiger partial charge in [-0.2, -0.15) is 50.6 Å². The Morgan fingerprint density at radius 3 is 1.07 bits per heavy atom. The highest BCUT2D eigenvalue weighted by Crippen LogP contribution is 2.45. The molecule has 0 saturated carbocycles. The number of carbonyl (C=O) groups is 3. The van der Waals surface area contributed by atoms with E-state index in [2.05, 4.69) is 91.5 Å². The third-order valence-electron chi connectivity index (χ3n) is 24.2. The third kappa shape index (κ3) is 30.4. The number of ether oxygens (including phenoxy) is 4. The van der Waals surface area contributed by atoms with Gasteiger partial charge in [0.1, 0.15) is 63.7 Å². The number of nitrogens with zero attached hydrogens (tertiary/aromatic N) is 10. The Morgan fingerprint density at radius 2 is 0.709 bits per heavy atom. The van der Waals surface area contributed by atoms with Crippen LogP contribution in [0.2, 0.25) is 0 Å². The largest absolute Gasteiger partial charge is 0.457 e. The Balaban J connectivity index is 0.000000132. The number of aryl methyl sites for hydroxylation is 3. The number of thiazole rings is 2. The zero-order valence-corrected chi connectivity index (χ0v) is 88.2. The summed E-state index contributed by atoms with van der Waals surface area (Å²) in [7, 11) is 0. The minimum absolute atomic E-state index is 0.0219. The number of morpholine rings is 2. The fourth-order valence-corrected chi connectivity index (χ4v) is 22.0. The van der Waals surface area contributed by atoms with Crippen molar-refractivity contribution < 1.29 is 50.9 Å². The van der Waals surface area contributed by atoms with Crippen molar-refractivity contribution in [3.63, 3.8) is 0 Å². The smallest absolute Gasteiger partial charge is 0.326 e. The molecule has 148 heavy (non-hydrogen) atoms. The Bertz CT molecular complexity index is 6780. The van der Waals surface area contributed by atoms with Gasteiger partial charge in [-0.1, -0.05) is 170 Å². The Hall–Kier alpha value is -13.6. The Labute approximate surface area is 887 Å². The second-order valence-corrected chi connectivity index (χ2v) is 43.9. The molecule has 12 N–H and O–H groups in total. The van der Waals surface area contributed by atoms with E-state index in [4.69, 9.17) is 51.4 Å². The number of urea groups is 3. The van der Waals surface area contributed by atoms with Gasteiger partial charge in [0.25, 0.3) is 0 Å². The highest BCUT2D eigenvalue weighted by Gasteiger charge is 2.41. The molecule has 0 spiro atoms. The molecule has 0 atom stereocenters. The molecule has 10 heterocycles. The van der Waals surface area contributed by atoms with Crippen LogP contribution in [0.1, 0.15) is 64.3 Å². The summed E-state index contributed by atoms with van der Waals surface area (Å²) in [4.78, 5) is 57.9. The number of aromatic nitrogens is 8. The molecule has 5 fully saturated rings. The van der Waals surface area contributed by atoms with E-state index in [-0.39, 0.29) is 50.8 Å². The predicted octanol–water partition coefficient (Wildman–Crippen LogP) is 25.4. The second kappa shape index (κ2) is 51.4. The lowest BCUT2D eigenvalue weighted by atomic mass is 9.91. The summed E-state index contributed by atoms with van der Waals surface area (Å²) in [6.45, 7) is 22.1. The number of nitrogens with two attached hydrogens (primary N) is 3. The number of thioether (sulfide) groups is 3. The fraction of sp³-hybridized carbons (Fsp3) is 0.243. The maximum atomic E-state index is 14.8. The number of rotatable bonds is 26. The lowest BCUT2D eigenvalue weighted by Gasteiger charge is -2.35. The molecule has 0 radical (unpaired) electrons. The molecule has 0 unspecified atom stereocenters. The van der Waals surface area contributed by atoms with Crippen LogP contribution < -0.4 is 58.6 Å². The van der Waals surface area contributed by atoms with Crippen molar-refractivity contribution in [2.75, 3.05) is 149 Å². The third-order valence-corrected chi connectivity index (χ3v) is 33.1. The van der Waals surface area contributed by atoms with E-state index >= 15 is 0 Å². The first-order chi connectivity index (χ1) is 71.6. The SMILES string of the molecule is Cc1ccc(-n2nc(C3(C)CSC3)cc2NC(=O)Nc2ccc(Oc3ccccc3)cc2F)cc1.Cc1ccc(-n2nc(C3(C)CSC3)cc2NC(=O)Nc2ccc(Sc3ccccc3)cc2F)cc1.Cc1ccc(-n2nc(C3(C)CSC3)cc2NC(=O)Nc2ncc(CCN3CCOCC3)s2)cc1.Nc1ccc(Oc2ccccc2)cc1F.Nc1ccc(Sc2ccccc2)cc1F.Nc1ncc(CCN2CCOCC2)s1. The number of hydrogen-bond donors (Lipinski definition) is 9. The first-order valence-corrected chi connectivity index (χ1v) is 54.7. The summed E-state index contributed by atoms with van der Waals surface area (Å²) >= 11 is 11.7. The molecule has 0 bridgehead atoms. The number of amides is 6. The minimum atomic E-state index is -0.597. The van der Waals surface area contributed by atoms with Crippen LogP contribution in [0.3, 0.4) is 0 Å². The quantitative estimate of drug-likeness (QED) is 0.0180. The first kappa shape index (κ1) is 107. The summed E-state index contributed by atoms with van der Waals surface area (Å²) in [5.74, 6) is 7.84. The minimum Gasteiger partial charge on any atom is -0.457 e. The van der Waals surface area contributed by atoms with Gasteiger partial charge in [0.05, 0.1) is 83.3 Å². The molecule has 6 amide bonds. The maximum Gasteiger partial charge on any atom is 0.326 e. The van der Waals surface area contributed by atoms with E-state index in [0.29, 0.717) is 50.7 Å². The van der Waals surface area contributed by atoms with Crippen LogP contribution in [0.5, 0.6) is 23.0 Å². The van der Waals surface area contributed by atoms with Crippen molar-refractivity contribution in [3.8, 4) is 40.1 Å². The van der Waals surface area contributed by atoms with E-state index in [0.717, 1.165) is 183 Å². The number of carbonyl (C=O) groups excluding carboxylic acids is 3. The van der Waals surface area contributed by atoms with Crippen molar-refractivity contribution in [1.29, 1.82) is 0 Å². The number of anilines is 9. The zero-order chi connectivity index (χ0) is 104. The van der Waals surface area contributed by atoms with Gasteiger partial charge in [0, 0.05) is 162 Å². The predicted molar refractivity (Wildman–Crippen MR) is 596 cm³/mol. The van der Waals surface area contributed by atoms with Crippen LogP contribution >= 0.6 is 81.5 Å². The molecule has 5 saturated heterocycles. The van der Waals surface area contributed by atoms with Crippen LogP contribution in [-0.2, 0) is 38.6 Å². The van der Waals surface area contributed by atoms with Crippen LogP contribution in [0.25, 0.3) is 17.1 Å². The van der Waals surface area contributed by atoms with Crippen LogP contribution in [0, 0.1) is 44.0 Å². The summed E-state index contributed by atoms with van der Waals surface area (Å²) in [5.41, 5.74) is 25.7. The molecule has 0 aliphatic carbocycles. The van der Waals surface area contributed by atoms with Gasteiger partial charge in [-0.05, 0) is 179 Å². The van der Waals surface area contributed by atoms with Crippen molar-refractivity contribution in [2.24, 2.45) is 0 Å². The Kier molecular flexibility index (Phi) is 37.2. The van der Waals surface area contributed by atoms with Gasteiger partial charge < -0.3 is 46.8 Å². The van der Waals surface area contributed by atoms with Crippen LogP contribution in [-0.4, -0.2) is 167 Å². The molecule has 21 rings (SSSR count). The second-order valence-electron chi connectivity index (χ2n) is 36.4. The number of benzene rings is 11. The summed E-state index contributed by atoms with van der Waals surface area (Å²) < 4.78 is 82.7. The number of nitrogens with one attached hydrogen (secondary N) is 6. The van der Waals surface area contributed by atoms with Crippen molar-refractivity contribution in [1.82, 2.24) is 49.1 Å². The molecule has 11 aromatic carbocycles. The molecule has 5 aromatic heterocycles. The lowest BCUT2D eigenvalue weighted by Crippen LogP contribution is -2.37. The monoisotopic (exact) mass is 2130 g/mol. The van der Waals surface area contributed by atoms with Crippen molar-refractivity contribution in [2.45, 2.75) is 90.2 Å². The van der Waals surface area contributed by atoms with Gasteiger partial charge in [-0.3, -0.25) is 31.1 Å². The number of halogens is 4. The molecule has 26 nitrogen and oxygen atoms in total. The molecule has 5 aliphatic rings. The highest BCUT2D eigenvalue weighted by molar-refractivity contribution is 8.01. The van der Waals surface area contributed by atoms with Gasteiger partial charge >= 0.3 is 18.1 Å². The summed E-state index contributed by atoms with van der Waals surface area (Å²) in [5, 5.41) is 32.6. The van der Waals surface area contributed by atoms with E-state index in [1.165, 1.54) is 81.7 Å². The van der Waals surface area contributed by atoms with Crippen molar-refractivity contribution in [3.05, 3.63) is 364 Å². The standard InChI is InChI=1S/C27H25FN4O2S.C27H25FN4OS2.C24H30N6O2S2.C12H10FNO.C12H10FNS.C9H15N3OS/c1-18-8-10-19(11-9-18)32-25(15-24(31-32)27(2)16-35-17-27)30-26(33)29-23-13-12-21(14-22(23)28)34-20-6-4-3-5-7-20;1-18-8-10-19(11-9-18)32-25(15-24(31-32)27(2)16-34-17-27)30-26(33)29-23-13-12-21(14-22(23)28)35-20-6-4-3-5-7-20;1-17-3-5-18(6-4-17)30-21(13-20(28-30)24(2)15-33-16-24)26-22(31)27-23-25-14-19(34-23)7-8-29-9-11-32-12-10-29;2*13-11-8-10(6-7-12(11)14)15-9-4-2-1-3-5-9;10-9-11-7-8(14-9)1-2-12-3-5-13-6-4-12/h2*3-15H,16-17H2,1-2H3,(H2,29,30,33);3-6,13-14H,7-12,15-16H2,1-2H3,(H2,25,26,27,31);2*1-8H,14H2;7H,1-6H2,(H2,10,11). The first-order valence-electron chi connectivity index (χ1n) is 48.0.